The van der Waals surface area contributed by atoms with Crippen molar-refractivity contribution in [2.75, 3.05) is 46.4 Å². The van der Waals surface area contributed by atoms with E-state index in [-0.39, 0.29) is 43.6 Å². The predicted octanol–water partition coefficient (Wildman–Crippen LogP) is 4.22. The first-order chi connectivity index (χ1) is 22.0. The van der Waals surface area contributed by atoms with E-state index >= 15 is 0 Å². The number of carbonyl (C=O) groups excluding carboxylic acids is 3. The van der Waals surface area contributed by atoms with Gasteiger partial charge in [0.1, 0.15) is 18.8 Å². The molecule has 3 aliphatic rings. The van der Waals surface area contributed by atoms with Crippen molar-refractivity contribution in [3.8, 4) is 0 Å². The van der Waals surface area contributed by atoms with Gasteiger partial charge in [-0.15, -0.1) is 0 Å². The standard InChI is InChI=1S/C35H51N3O8/c1-24-10-12-30(40)21-32(41)46-33(25(2)11-13-31(24)45-34(42)37-17-15-36(4)16-18-37)26(3)19-27-7-5-8-28(20-27)23-44-35(43)38-14-6-9-29(38)22-39/h5,7-8,11,13,19-20,24-25,29-31,33,39-40H,6,9-10,12,14-18,21-23H2,1-4H3/b13-11+,26-19+/t24-,25-,29-,30+,31-,33-/m0/s1. The molecule has 0 unspecified atom stereocenters. The molecule has 0 bridgehead atoms. The molecule has 0 radical (unpaired) electrons. The van der Waals surface area contributed by atoms with Gasteiger partial charge in [-0.25, -0.2) is 9.59 Å². The van der Waals surface area contributed by atoms with E-state index in [1.807, 2.05) is 70.3 Å². The number of aliphatic hydroxyl groups is 2. The first-order valence-corrected chi connectivity index (χ1v) is 16.6. The summed E-state index contributed by atoms with van der Waals surface area (Å²) in [5, 5.41) is 20.1. The number of cyclic esters (lactones) is 1. The number of nitrogens with zero attached hydrogens (tertiary/aromatic N) is 3. The summed E-state index contributed by atoms with van der Waals surface area (Å²) >= 11 is 0. The van der Waals surface area contributed by atoms with Gasteiger partial charge in [0.15, 0.2) is 0 Å². The first kappa shape index (κ1) is 35.4. The normalized spacial score (nSPS) is 29.3. The summed E-state index contributed by atoms with van der Waals surface area (Å²) in [6, 6.07) is 7.40. The van der Waals surface area contributed by atoms with Gasteiger partial charge < -0.3 is 39.1 Å². The minimum Gasteiger partial charge on any atom is -0.457 e. The molecule has 11 nitrogen and oxygen atoms in total. The molecule has 0 saturated carbocycles. The lowest BCUT2D eigenvalue weighted by molar-refractivity contribution is -0.151. The van der Waals surface area contributed by atoms with Crippen LogP contribution in [0.2, 0.25) is 0 Å². The van der Waals surface area contributed by atoms with E-state index in [1.54, 1.807) is 9.80 Å². The molecule has 4 rings (SSSR count). The monoisotopic (exact) mass is 641 g/mol. The third-order valence-electron chi connectivity index (χ3n) is 9.24. The SMILES string of the molecule is C/C(=C\c1cccc(COC(=O)N2CCC[C@H]2CO)c1)[C@H]1OC(=O)C[C@H](O)CC[C@H](C)[C@@H](OC(=O)N2CCN(C)CC2)/C=C/[C@@H]1C. The number of aliphatic hydroxyl groups excluding tert-OH is 2. The number of esters is 1. The van der Waals surface area contributed by atoms with Crippen LogP contribution < -0.4 is 0 Å². The van der Waals surface area contributed by atoms with E-state index < -0.39 is 30.4 Å². The fraction of sp³-hybridized carbons (Fsp3) is 0.629. The smallest absolute Gasteiger partial charge is 0.410 e. The highest BCUT2D eigenvalue weighted by Crippen LogP contribution is 2.26. The van der Waals surface area contributed by atoms with E-state index in [2.05, 4.69) is 4.90 Å². The van der Waals surface area contributed by atoms with E-state index in [0.29, 0.717) is 32.5 Å². The number of amides is 2. The number of benzene rings is 1. The summed E-state index contributed by atoms with van der Waals surface area (Å²) < 4.78 is 17.5. The first-order valence-electron chi connectivity index (χ1n) is 16.6. The maximum absolute atomic E-state index is 13.0. The second-order valence-corrected chi connectivity index (χ2v) is 13.1. The number of piperazine rings is 1. The highest BCUT2D eigenvalue weighted by molar-refractivity contribution is 5.71. The van der Waals surface area contributed by atoms with Crippen LogP contribution in [0.4, 0.5) is 9.59 Å². The number of hydrogen-bond acceptors (Lipinski definition) is 9. The van der Waals surface area contributed by atoms with Gasteiger partial charge >= 0.3 is 18.2 Å². The van der Waals surface area contributed by atoms with Crippen LogP contribution in [-0.4, -0.2) is 114 Å². The Morgan fingerprint density at radius 3 is 2.54 bits per heavy atom. The molecule has 1 aromatic carbocycles. The number of rotatable bonds is 6. The zero-order chi connectivity index (χ0) is 33.2. The molecular weight excluding hydrogens is 590 g/mol. The summed E-state index contributed by atoms with van der Waals surface area (Å²) in [6.07, 6.45) is 5.50. The topological polar surface area (TPSA) is 129 Å². The molecule has 254 valence electrons. The number of hydrogen-bond donors (Lipinski definition) is 2. The van der Waals surface area contributed by atoms with Crippen molar-refractivity contribution in [1.29, 1.82) is 0 Å². The molecule has 0 spiro atoms. The Morgan fingerprint density at radius 2 is 1.80 bits per heavy atom. The van der Waals surface area contributed by atoms with Crippen molar-refractivity contribution in [2.45, 2.75) is 83.8 Å². The summed E-state index contributed by atoms with van der Waals surface area (Å²) in [6.45, 7) is 9.26. The highest BCUT2D eigenvalue weighted by atomic mass is 16.6. The van der Waals surface area contributed by atoms with Crippen LogP contribution in [0.25, 0.3) is 6.08 Å². The molecule has 3 aliphatic heterocycles. The van der Waals surface area contributed by atoms with Gasteiger partial charge in [0.05, 0.1) is 25.2 Å². The summed E-state index contributed by atoms with van der Waals surface area (Å²) in [4.78, 5) is 44.0. The largest absolute Gasteiger partial charge is 0.457 e. The second-order valence-electron chi connectivity index (χ2n) is 13.1. The van der Waals surface area contributed by atoms with Gasteiger partial charge in [0.2, 0.25) is 0 Å². The zero-order valence-corrected chi connectivity index (χ0v) is 27.7. The number of ether oxygens (including phenoxy) is 3. The Morgan fingerprint density at radius 1 is 1.04 bits per heavy atom. The minimum atomic E-state index is -0.861. The third-order valence-corrected chi connectivity index (χ3v) is 9.24. The quantitative estimate of drug-likeness (QED) is 0.267. The molecule has 2 saturated heterocycles. The Labute approximate surface area is 272 Å². The molecule has 0 aromatic heterocycles. The third kappa shape index (κ3) is 10.0. The van der Waals surface area contributed by atoms with Gasteiger partial charge in [0.25, 0.3) is 0 Å². The lowest BCUT2D eigenvalue weighted by atomic mass is 9.91. The van der Waals surface area contributed by atoms with Crippen molar-refractivity contribution in [3.63, 3.8) is 0 Å². The summed E-state index contributed by atoms with van der Waals surface area (Å²) in [5.41, 5.74) is 2.46. The highest BCUT2D eigenvalue weighted by Gasteiger charge is 2.30. The van der Waals surface area contributed by atoms with Crippen LogP contribution in [0.15, 0.2) is 42.0 Å². The molecule has 46 heavy (non-hydrogen) atoms. The summed E-state index contributed by atoms with van der Waals surface area (Å²) in [5.74, 6) is -0.782. The molecule has 1 aromatic rings. The van der Waals surface area contributed by atoms with E-state index in [0.717, 1.165) is 42.6 Å². The van der Waals surface area contributed by atoms with E-state index in [1.165, 1.54) is 0 Å². The van der Waals surface area contributed by atoms with Crippen LogP contribution >= 0.6 is 0 Å². The summed E-state index contributed by atoms with van der Waals surface area (Å²) in [7, 11) is 2.03. The van der Waals surface area contributed by atoms with Gasteiger partial charge in [-0.05, 0) is 74.4 Å². The minimum absolute atomic E-state index is 0.0584. The zero-order valence-electron chi connectivity index (χ0n) is 27.7. The average molecular weight is 642 g/mol. The molecule has 11 heteroatoms. The number of carbonyl (C=O) groups is 3. The maximum atomic E-state index is 13.0. The van der Waals surface area contributed by atoms with Crippen LogP contribution in [0.3, 0.4) is 0 Å². The van der Waals surface area contributed by atoms with Crippen molar-refractivity contribution in [1.82, 2.24) is 14.7 Å². The maximum Gasteiger partial charge on any atom is 0.410 e. The molecule has 6 atom stereocenters. The van der Waals surface area contributed by atoms with Crippen molar-refractivity contribution in [2.24, 2.45) is 11.8 Å². The molecule has 0 aliphatic carbocycles. The van der Waals surface area contributed by atoms with Crippen molar-refractivity contribution >= 4 is 24.2 Å². The van der Waals surface area contributed by atoms with Gasteiger partial charge in [-0.3, -0.25) is 4.79 Å². The lowest BCUT2D eigenvalue weighted by Gasteiger charge is -2.33. The van der Waals surface area contributed by atoms with Gasteiger partial charge in [-0.1, -0.05) is 44.2 Å². The van der Waals surface area contributed by atoms with Gasteiger partial charge in [0, 0.05) is 38.6 Å². The Hall–Kier alpha value is -3.41. The number of likely N-dealkylation sites (N-methyl/N-ethyl adjacent to an activating group) is 1. The fourth-order valence-electron chi connectivity index (χ4n) is 6.24. The number of likely N-dealkylation sites (tertiary alicyclic amines) is 1. The van der Waals surface area contributed by atoms with Crippen LogP contribution in [0.1, 0.15) is 64.0 Å². The van der Waals surface area contributed by atoms with E-state index in [4.69, 9.17) is 14.2 Å². The van der Waals surface area contributed by atoms with E-state index in [9.17, 15) is 24.6 Å². The molecular formula is C35H51N3O8. The average Bonchev–Trinajstić information content (AvgIpc) is 3.52. The Balaban J connectivity index is 1.48. The van der Waals surface area contributed by atoms with Crippen LogP contribution in [0, 0.1) is 11.8 Å². The Bertz CT molecular complexity index is 1240. The van der Waals surface area contributed by atoms with Gasteiger partial charge in [-0.2, -0.15) is 0 Å². The predicted molar refractivity (Wildman–Crippen MR) is 174 cm³/mol. The van der Waals surface area contributed by atoms with Crippen LogP contribution in [-0.2, 0) is 25.6 Å². The Kier molecular flexibility index (Phi) is 13.1. The molecule has 2 fully saturated rings. The molecule has 2 amide bonds. The fourth-order valence-corrected chi connectivity index (χ4v) is 6.24. The lowest BCUT2D eigenvalue weighted by Crippen LogP contribution is -2.48. The van der Waals surface area contributed by atoms with Crippen LogP contribution in [0.5, 0.6) is 0 Å². The van der Waals surface area contributed by atoms with Crippen molar-refractivity contribution < 1.29 is 38.8 Å². The molecule has 2 N–H and O–H groups in total. The second kappa shape index (κ2) is 16.9. The molecule has 3 heterocycles. The van der Waals surface area contributed by atoms with Crippen molar-refractivity contribution in [3.05, 3.63) is 53.1 Å².